The zero-order valence-corrected chi connectivity index (χ0v) is 9.82. The fourth-order valence-corrected chi connectivity index (χ4v) is 2.20. The van der Waals surface area contributed by atoms with Gasteiger partial charge in [0.2, 0.25) is 5.90 Å². The predicted molar refractivity (Wildman–Crippen MR) is 69.3 cm³/mol. The first kappa shape index (κ1) is 11.0. The first-order chi connectivity index (χ1) is 8.88. The maximum Gasteiger partial charge on any atom is 0.213 e. The molecule has 2 atom stereocenters. The van der Waals surface area contributed by atoms with Crippen LogP contribution in [0.5, 0.6) is 0 Å². The lowest BCUT2D eigenvalue weighted by Gasteiger charge is -2.05. The zero-order chi connectivity index (χ0) is 12.4. The second-order valence-corrected chi connectivity index (χ2v) is 4.34. The second kappa shape index (κ2) is 4.61. The van der Waals surface area contributed by atoms with Crippen molar-refractivity contribution in [2.75, 3.05) is 6.61 Å². The van der Waals surface area contributed by atoms with Crippen molar-refractivity contribution in [2.45, 2.75) is 6.04 Å². The quantitative estimate of drug-likeness (QED) is 0.760. The van der Waals surface area contributed by atoms with Gasteiger partial charge in [0.1, 0.15) is 18.9 Å². The molecule has 1 aromatic rings. The number of ether oxygens (including phenoxy) is 1. The van der Waals surface area contributed by atoms with E-state index in [4.69, 9.17) is 4.74 Å². The second-order valence-electron chi connectivity index (χ2n) is 4.34. The Hall–Kier alpha value is -2.16. The lowest BCUT2D eigenvalue weighted by Crippen LogP contribution is -2.10. The van der Waals surface area contributed by atoms with E-state index >= 15 is 0 Å². The topological polar surface area (TPSA) is 38.7 Å². The standard InChI is InChI=1S/C15H13NO2/c17-9-12-7-4-8-13(12)15-16-14(10-18-15)11-5-2-1-3-6-11/h1-9,12,14H,10H2/t12?,14-/m1/s1. The normalized spacial score (nSPS) is 25.6. The van der Waals surface area contributed by atoms with Crippen LogP contribution in [0.4, 0.5) is 0 Å². The van der Waals surface area contributed by atoms with Gasteiger partial charge in [0.05, 0.1) is 5.92 Å². The van der Waals surface area contributed by atoms with Gasteiger partial charge in [0, 0.05) is 5.57 Å². The first-order valence-corrected chi connectivity index (χ1v) is 5.98. The lowest BCUT2D eigenvalue weighted by atomic mass is 10.0. The third-order valence-corrected chi connectivity index (χ3v) is 3.18. The van der Waals surface area contributed by atoms with Gasteiger partial charge in [-0.3, -0.25) is 0 Å². The van der Waals surface area contributed by atoms with Crippen molar-refractivity contribution in [3.63, 3.8) is 0 Å². The smallest absolute Gasteiger partial charge is 0.213 e. The van der Waals surface area contributed by atoms with Gasteiger partial charge in [-0.25, -0.2) is 4.99 Å². The summed E-state index contributed by atoms with van der Waals surface area (Å²) in [6.45, 7) is 0.544. The Balaban J connectivity index is 1.83. The highest BCUT2D eigenvalue weighted by atomic mass is 16.5. The summed E-state index contributed by atoms with van der Waals surface area (Å²) >= 11 is 0. The molecule has 0 saturated heterocycles. The highest BCUT2D eigenvalue weighted by Crippen LogP contribution is 2.28. The van der Waals surface area contributed by atoms with E-state index in [1.54, 1.807) is 0 Å². The van der Waals surface area contributed by atoms with Crippen LogP contribution in [0.1, 0.15) is 11.6 Å². The average molecular weight is 239 g/mol. The van der Waals surface area contributed by atoms with Crippen LogP contribution in [-0.2, 0) is 9.53 Å². The number of aldehydes is 1. The third-order valence-electron chi connectivity index (χ3n) is 3.18. The van der Waals surface area contributed by atoms with Crippen LogP contribution in [0, 0.1) is 5.92 Å². The third kappa shape index (κ3) is 1.88. The molecule has 3 nitrogen and oxygen atoms in total. The van der Waals surface area contributed by atoms with Crippen molar-refractivity contribution >= 4 is 12.2 Å². The van der Waals surface area contributed by atoms with Gasteiger partial charge in [0.15, 0.2) is 0 Å². The van der Waals surface area contributed by atoms with Gasteiger partial charge >= 0.3 is 0 Å². The number of hydrogen-bond acceptors (Lipinski definition) is 3. The molecule has 1 aromatic carbocycles. The van der Waals surface area contributed by atoms with Crippen LogP contribution >= 0.6 is 0 Å². The molecule has 0 N–H and O–H groups in total. The van der Waals surface area contributed by atoms with Crippen LogP contribution in [0.2, 0.25) is 0 Å². The number of rotatable bonds is 3. The molecule has 90 valence electrons. The fourth-order valence-electron chi connectivity index (χ4n) is 2.20. The minimum atomic E-state index is -0.210. The molecule has 3 heteroatoms. The van der Waals surface area contributed by atoms with E-state index in [-0.39, 0.29) is 12.0 Å². The summed E-state index contributed by atoms with van der Waals surface area (Å²) in [5.74, 6) is 0.393. The van der Waals surface area contributed by atoms with E-state index in [1.165, 1.54) is 0 Å². The van der Waals surface area contributed by atoms with Gasteiger partial charge in [-0.2, -0.15) is 0 Å². The van der Waals surface area contributed by atoms with E-state index in [1.807, 2.05) is 48.6 Å². The maximum absolute atomic E-state index is 10.9. The van der Waals surface area contributed by atoms with Gasteiger partial charge < -0.3 is 9.53 Å². The predicted octanol–water partition coefficient (Wildman–Crippen LogP) is 2.47. The Kier molecular flexibility index (Phi) is 2.81. The summed E-state index contributed by atoms with van der Waals surface area (Å²) < 4.78 is 5.62. The molecule has 3 rings (SSSR count). The minimum absolute atomic E-state index is 0.0370. The van der Waals surface area contributed by atoms with Crippen LogP contribution < -0.4 is 0 Å². The number of carbonyl (C=O) groups excluding carboxylic acids is 1. The monoisotopic (exact) mass is 239 g/mol. The minimum Gasteiger partial charge on any atom is -0.475 e. The van der Waals surface area contributed by atoms with Crippen molar-refractivity contribution in [1.29, 1.82) is 0 Å². The first-order valence-electron chi connectivity index (χ1n) is 5.98. The lowest BCUT2D eigenvalue weighted by molar-refractivity contribution is -0.109. The zero-order valence-electron chi connectivity index (χ0n) is 9.82. The summed E-state index contributed by atoms with van der Waals surface area (Å²) in [6, 6.07) is 10.1. The number of aliphatic imine (C=N–C) groups is 1. The molecule has 1 heterocycles. The van der Waals surface area contributed by atoms with E-state index in [2.05, 4.69) is 4.99 Å². The molecule has 2 aliphatic rings. The molecule has 0 aromatic heterocycles. The summed E-state index contributed by atoms with van der Waals surface area (Å²) in [6.07, 6.45) is 6.53. The Morgan fingerprint density at radius 2 is 2.11 bits per heavy atom. The highest BCUT2D eigenvalue weighted by Gasteiger charge is 2.27. The Morgan fingerprint density at radius 1 is 1.28 bits per heavy atom. The van der Waals surface area contributed by atoms with Crippen molar-refractivity contribution in [1.82, 2.24) is 0 Å². The van der Waals surface area contributed by atoms with Crippen LogP contribution in [0.15, 0.2) is 59.1 Å². The van der Waals surface area contributed by atoms with Crippen molar-refractivity contribution in [3.8, 4) is 0 Å². The number of benzene rings is 1. The summed E-state index contributed by atoms with van der Waals surface area (Å²) in [7, 11) is 0. The van der Waals surface area contributed by atoms with Crippen LogP contribution in [0.25, 0.3) is 0 Å². The molecular weight excluding hydrogens is 226 g/mol. The largest absolute Gasteiger partial charge is 0.475 e. The molecule has 1 aliphatic heterocycles. The molecule has 0 amide bonds. The van der Waals surface area contributed by atoms with Crippen LogP contribution in [-0.4, -0.2) is 18.8 Å². The Bertz CT molecular complexity index is 543. The molecule has 1 unspecified atom stereocenters. The average Bonchev–Trinajstić information content (AvgIpc) is 3.08. The van der Waals surface area contributed by atoms with E-state index < -0.39 is 0 Å². The van der Waals surface area contributed by atoms with Gasteiger partial charge in [-0.1, -0.05) is 48.6 Å². The molecule has 0 saturated carbocycles. The molecular formula is C15H13NO2. The summed E-state index contributed by atoms with van der Waals surface area (Å²) in [4.78, 5) is 15.5. The maximum atomic E-state index is 10.9. The highest BCUT2D eigenvalue weighted by molar-refractivity contribution is 5.99. The number of nitrogens with zero attached hydrogens (tertiary/aromatic N) is 1. The molecule has 0 bridgehead atoms. The van der Waals surface area contributed by atoms with Crippen molar-refractivity contribution in [2.24, 2.45) is 10.9 Å². The number of allylic oxidation sites excluding steroid dienone is 3. The molecule has 1 aliphatic carbocycles. The molecule has 0 spiro atoms. The number of carbonyl (C=O) groups is 1. The van der Waals surface area contributed by atoms with E-state index in [0.29, 0.717) is 12.5 Å². The SMILES string of the molecule is O=CC1C=CC=C1C1=N[C@@H](c2ccccc2)CO1. The summed E-state index contributed by atoms with van der Waals surface area (Å²) in [5.41, 5.74) is 2.00. The Labute approximate surface area is 105 Å². The van der Waals surface area contributed by atoms with Gasteiger partial charge in [-0.15, -0.1) is 0 Å². The Morgan fingerprint density at radius 3 is 2.89 bits per heavy atom. The van der Waals surface area contributed by atoms with Gasteiger partial charge in [-0.05, 0) is 5.56 Å². The van der Waals surface area contributed by atoms with Crippen molar-refractivity contribution < 1.29 is 9.53 Å². The molecule has 0 fully saturated rings. The van der Waals surface area contributed by atoms with E-state index in [9.17, 15) is 4.79 Å². The van der Waals surface area contributed by atoms with Crippen LogP contribution in [0.3, 0.4) is 0 Å². The molecule has 0 radical (unpaired) electrons. The van der Waals surface area contributed by atoms with E-state index in [0.717, 1.165) is 17.4 Å². The number of hydrogen-bond donors (Lipinski definition) is 0. The molecule has 18 heavy (non-hydrogen) atoms. The fraction of sp³-hybridized carbons (Fsp3) is 0.200. The van der Waals surface area contributed by atoms with Crippen molar-refractivity contribution in [3.05, 3.63) is 59.7 Å². The van der Waals surface area contributed by atoms with Gasteiger partial charge in [0.25, 0.3) is 0 Å². The summed E-state index contributed by atoms with van der Waals surface area (Å²) in [5, 5.41) is 0.